The molecule has 98 valence electrons. The Labute approximate surface area is 103 Å². The summed E-state index contributed by atoms with van der Waals surface area (Å²) in [5.74, 6) is -0.0305. The van der Waals surface area contributed by atoms with Crippen molar-refractivity contribution in [3.05, 3.63) is 24.3 Å². The largest absolute Gasteiger partial charge is 0.435 e. The first-order valence-corrected chi connectivity index (χ1v) is 5.74. The van der Waals surface area contributed by atoms with Crippen molar-refractivity contribution in [1.82, 2.24) is 5.32 Å². The van der Waals surface area contributed by atoms with Gasteiger partial charge in [0.25, 0.3) is 0 Å². The molecule has 0 radical (unpaired) electrons. The lowest BCUT2D eigenvalue weighted by Gasteiger charge is -2.11. The van der Waals surface area contributed by atoms with E-state index in [1.165, 1.54) is 24.3 Å². The minimum Gasteiger partial charge on any atom is -0.435 e. The average molecular weight is 256 g/mol. The molecule has 1 atom stereocenters. The fraction of sp³-hybridized carbons (Fsp3) is 0.417. The molecule has 0 aromatic heterocycles. The minimum absolute atomic E-state index is 0.0713. The fourth-order valence-corrected chi connectivity index (χ4v) is 1.86. The lowest BCUT2D eigenvalue weighted by Crippen LogP contribution is -2.35. The van der Waals surface area contributed by atoms with Gasteiger partial charge in [-0.3, -0.25) is 4.79 Å². The minimum atomic E-state index is -2.84. The van der Waals surface area contributed by atoms with Crippen LogP contribution in [0.1, 0.15) is 12.8 Å². The van der Waals surface area contributed by atoms with Crippen molar-refractivity contribution >= 4 is 11.6 Å². The van der Waals surface area contributed by atoms with Crippen LogP contribution in [-0.4, -0.2) is 25.1 Å². The zero-order valence-electron chi connectivity index (χ0n) is 9.66. The van der Waals surface area contributed by atoms with Gasteiger partial charge in [0.1, 0.15) is 5.75 Å². The Morgan fingerprint density at radius 2 is 2.11 bits per heavy atom. The number of amides is 1. The first kappa shape index (κ1) is 12.8. The number of ether oxygens (including phenoxy) is 1. The Bertz CT molecular complexity index is 403. The van der Waals surface area contributed by atoms with Crippen LogP contribution in [0.2, 0.25) is 0 Å². The molecule has 1 aliphatic heterocycles. The third-order valence-electron chi connectivity index (χ3n) is 2.72. The summed E-state index contributed by atoms with van der Waals surface area (Å²) in [5.41, 5.74) is 0.565. The second kappa shape index (κ2) is 5.77. The summed E-state index contributed by atoms with van der Waals surface area (Å²) < 4.78 is 28.1. The van der Waals surface area contributed by atoms with E-state index in [4.69, 9.17) is 0 Å². The Morgan fingerprint density at radius 1 is 1.39 bits per heavy atom. The molecule has 1 amide bonds. The lowest BCUT2D eigenvalue weighted by molar-refractivity contribution is -0.117. The number of benzene rings is 1. The molecule has 18 heavy (non-hydrogen) atoms. The summed E-state index contributed by atoms with van der Waals surface area (Å²) in [4.78, 5) is 11.8. The smallest absolute Gasteiger partial charge is 0.387 e. The topological polar surface area (TPSA) is 50.4 Å². The number of alkyl halides is 2. The maximum absolute atomic E-state index is 11.9. The van der Waals surface area contributed by atoms with E-state index in [1.54, 1.807) is 0 Å². The van der Waals surface area contributed by atoms with Crippen LogP contribution in [0.4, 0.5) is 14.5 Å². The second-order valence-corrected chi connectivity index (χ2v) is 4.04. The summed E-state index contributed by atoms with van der Waals surface area (Å²) in [6.07, 6.45) is 1.80. The molecule has 6 heteroatoms. The van der Waals surface area contributed by atoms with Gasteiger partial charge in [0, 0.05) is 5.69 Å². The van der Waals surface area contributed by atoms with E-state index >= 15 is 0 Å². The van der Waals surface area contributed by atoms with Crippen molar-refractivity contribution in [3.8, 4) is 5.75 Å². The van der Waals surface area contributed by atoms with Gasteiger partial charge in [0.2, 0.25) is 5.91 Å². The van der Waals surface area contributed by atoms with Crippen LogP contribution in [0.3, 0.4) is 0 Å². The van der Waals surface area contributed by atoms with Gasteiger partial charge < -0.3 is 15.4 Å². The molecule has 1 aromatic rings. The van der Waals surface area contributed by atoms with Crippen LogP contribution in [-0.2, 0) is 4.79 Å². The van der Waals surface area contributed by atoms with Gasteiger partial charge >= 0.3 is 6.61 Å². The SMILES string of the molecule is O=C(Nc1ccc(OC(F)F)cc1)[C@H]1CCCN1. The fourth-order valence-electron chi connectivity index (χ4n) is 1.86. The van der Waals surface area contributed by atoms with Gasteiger partial charge in [-0.2, -0.15) is 8.78 Å². The van der Waals surface area contributed by atoms with Crippen molar-refractivity contribution in [3.63, 3.8) is 0 Å². The Morgan fingerprint density at radius 3 is 2.67 bits per heavy atom. The quantitative estimate of drug-likeness (QED) is 0.866. The van der Waals surface area contributed by atoms with Crippen molar-refractivity contribution in [2.75, 3.05) is 11.9 Å². The number of hydrogen-bond donors (Lipinski definition) is 2. The monoisotopic (exact) mass is 256 g/mol. The number of anilines is 1. The highest BCUT2D eigenvalue weighted by Gasteiger charge is 2.21. The second-order valence-electron chi connectivity index (χ2n) is 4.04. The van der Waals surface area contributed by atoms with E-state index in [0.29, 0.717) is 5.69 Å². The number of carbonyl (C=O) groups is 1. The van der Waals surface area contributed by atoms with E-state index in [0.717, 1.165) is 19.4 Å². The summed E-state index contributed by atoms with van der Waals surface area (Å²) >= 11 is 0. The highest BCUT2D eigenvalue weighted by atomic mass is 19.3. The highest BCUT2D eigenvalue weighted by Crippen LogP contribution is 2.18. The number of carbonyl (C=O) groups excluding carboxylic acids is 1. The molecule has 1 heterocycles. The summed E-state index contributed by atoms with van der Waals surface area (Å²) in [5, 5.41) is 5.80. The van der Waals surface area contributed by atoms with Crippen molar-refractivity contribution in [2.24, 2.45) is 0 Å². The van der Waals surface area contributed by atoms with Crippen LogP contribution in [0.15, 0.2) is 24.3 Å². The summed E-state index contributed by atoms with van der Waals surface area (Å²) in [7, 11) is 0. The number of rotatable bonds is 4. The molecule has 1 aromatic carbocycles. The van der Waals surface area contributed by atoms with Crippen LogP contribution in [0.25, 0.3) is 0 Å². The molecule has 1 fully saturated rings. The number of halogens is 2. The third-order valence-corrected chi connectivity index (χ3v) is 2.72. The zero-order valence-corrected chi connectivity index (χ0v) is 9.66. The molecular formula is C12H14F2N2O2. The first-order chi connectivity index (χ1) is 8.65. The van der Waals surface area contributed by atoms with Crippen LogP contribution >= 0.6 is 0 Å². The van der Waals surface area contributed by atoms with Gasteiger partial charge in [0.05, 0.1) is 6.04 Å². The Balaban J connectivity index is 1.91. The van der Waals surface area contributed by atoms with Gasteiger partial charge in [-0.25, -0.2) is 0 Å². The molecule has 2 N–H and O–H groups in total. The summed E-state index contributed by atoms with van der Waals surface area (Å²) in [6.45, 7) is -1.99. The van der Waals surface area contributed by atoms with Crippen molar-refractivity contribution < 1.29 is 18.3 Å². The zero-order chi connectivity index (χ0) is 13.0. The molecule has 0 aliphatic carbocycles. The molecule has 1 saturated heterocycles. The van der Waals surface area contributed by atoms with Crippen molar-refractivity contribution in [2.45, 2.75) is 25.5 Å². The van der Waals surface area contributed by atoms with E-state index < -0.39 is 6.61 Å². The molecule has 0 saturated carbocycles. The highest BCUT2D eigenvalue weighted by molar-refractivity contribution is 5.95. The Hall–Kier alpha value is -1.69. The van der Waals surface area contributed by atoms with E-state index in [1.807, 2.05) is 0 Å². The Kier molecular flexibility index (Phi) is 4.09. The standard InChI is InChI=1S/C12H14F2N2O2/c13-12(14)18-9-5-3-8(4-6-9)16-11(17)10-2-1-7-15-10/h3-6,10,12,15H,1-2,7H2,(H,16,17)/t10-/m1/s1. The molecule has 2 rings (SSSR count). The molecular weight excluding hydrogens is 242 g/mol. The molecule has 0 bridgehead atoms. The summed E-state index contributed by atoms with van der Waals surface area (Å²) in [6, 6.07) is 5.69. The predicted molar refractivity (Wildman–Crippen MR) is 62.7 cm³/mol. The maximum Gasteiger partial charge on any atom is 0.387 e. The van der Waals surface area contributed by atoms with Crippen LogP contribution < -0.4 is 15.4 Å². The molecule has 0 spiro atoms. The average Bonchev–Trinajstić information content (AvgIpc) is 2.84. The molecule has 1 aliphatic rings. The van der Waals surface area contributed by atoms with Gasteiger partial charge in [0.15, 0.2) is 0 Å². The normalized spacial score (nSPS) is 18.9. The van der Waals surface area contributed by atoms with E-state index in [-0.39, 0.29) is 17.7 Å². The molecule has 4 nitrogen and oxygen atoms in total. The van der Waals surface area contributed by atoms with Crippen LogP contribution in [0, 0.1) is 0 Å². The predicted octanol–water partition coefficient (Wildman–Crippen LogP) is 1.98. The van der Waals surface area contributed by atoms with E-state index in [9.17, 15) is 13.6 Å². The first-order valence-electron chi connectivity index (χ1n) is 5.74. The molecule has 0 unspecified atom stereocenters. The van der Waals surface area contributed by atoms with Crippen LogP contribution in [0.5, 0.6) is 5.75 Å². The van der Waals surface area contributed by atoms with Gasteiger partial charge in [-0.05, 0) is 43.7 Å². The van der Waals surface area contributed by atoms with Gasteiger partial charge in [-0.1, -0.05) is 0 Å². The third kappa shape index (κ3) is 3.40. The van der Waals surface area contributed by atoms with E-state index in [2.05, 4.69) is 15.4 Å². The number of nitrogens with one attached hydrogen (secondary N) is 2. The number of hydrogen-bond acceptors (Lipinski definition) is 3. The maximum atomic E-state index is 11.9. The van der Waals surface area contributed by atoms with Crippen molar-refractivity contribution in [1.29, 1.82) is 0 Å². The van der Waals surface area contributed by atoms with Gasteiger partial charge in [-0.15, -0.1) is 0 Å². The lowest BCUT2D eigenvalue weighted by atomic mass is 10.2.